The van der Waals surface area contributed by atoms with Crippen molar-refractivity contribution in [2.24, 2.45) is 0 Å². The van der Waals surface area contributed by atoms with E-state index in [1.807, 2.05) is 36.4 Å². The van der Waals surface area contributed by atoms with E-state index in [0.29, 0.717) is 18.0 Å². The van der Waals surface area contributed by atoms with Gasteiger partial charge in [0.25, 0.3) is 5.91 Å². The van der Waals surface area contributed by atoms with Gasteiger partial charge in [0.15, 0.2) is 15.7 Å². The van der Waals surface area contributed by atoms with Crippen LogP contribution in [0.2, 0.25) is 0 Å². The van der Waals surface area contributed by atoms with Crippen molar-refractivity contribution in [1.82, 2.24) is 15.3 Å². The number of unbranched alkanes of at least 4 members (excludes halogenated alkanes) is 4. The van der Waals surface area contributed by atoms with Crippen LogP contribution < -0.4 is 10.1 Å². The van der Waals surface area contributed by atoms with Crippen LogP contribution in [0.4, 0.5) is 0 Å². The van der Waals surface area contributed by atoms with E-state index in [-0.39, 0.29) is 22.6 Å². The normalized spacial score (nSPS) is 12.0. The average Bonchev–Trinajstić information content (AvgIpc) is 3.06. The lowest BCUT2D eigenvalue weighted by atomic mass is 10.0. The number of nitrogens with one attached hydrogen (secondary N) is 1. The number of aromatic nitrogens is 2. The number of carbonyl (C=O) groups is 2. The molecule has 1 heterocycles. The highest BCUT2D eigenvalue weighted by Gasteiger charge is 2.22. The molecule has 0 unspecified atom stereocenters. The minimum atomic E-state index is -3.40. The number of rotatable bonds is 16. The molecular weight excluding hydrogens is 590 g/mol. The minimum Gasteiger partial charge on any atom is -0.494 e. The summed E-state index contributed by atoms with van der Waals surface area (Å²) in [6.07, 6.45) is 9.58. The van der Waals surface area contributed by atoms with E-state index in [2.05, 4.69) is 22.2 Å². The molecule has 1 atom stereocenters. The van der Waals surface area contributed by atoms with Gasteiger partial charge in [-0.15, -0.1) is 0 Å². The first-order chi connectivity index (χ1) is 21.7. The second-order valence-corrected chi connectivity index (χ2v) is 13.1. The molecule has 4 aromatic rings. The molecule has 0 aliphatic heterocycles. The monoisotopic (exact) mass is 629 g/mol. The number of amides is 1. The fourth-order valence-corrected chi connectivity index (χ4v) is 5.60. The highest BCUT2D eigenvalue weighted by atomic mass is 32.2. The molecule has 236 valence electrons. The molecule has 3 aromatic carbocycles. The molecule has 0 radical (unpaired) electrons. The summed E-state index contributed by atoms with van der Waals surface area (Å²) in [5.74, 6) is -0.466. The summed E-state index contributed by atoms with van der Waals surface area (Å²) in [7, 11) is -3.40. The third kappa shape index (κ3) is 9.46. The van der Waals surface area contributed by atoms with Crippen molar-refractivity contribution in [1.29, 1.82) is 0 Å². The molecule has 2 N–H and O–H groups in total. The summed E-state index contributed by atoms with van der Waals surface area (Å²) >= 11 is 0. The number of carboxylic acid groups (broad SMARTS) is 1. The number of hydrogen-bond acceptors (Lipinski definition) is 7. The second kappa shape index (κ2) is 15.9. The quantitative estimate of drug-likeness (QED) is 0.136. The van der Waals surface area contributed by atoms with E-state index >= 15 is 0 Å². The SMILES string of the molecule is CCCCCCCOc1ccc(-c2cnc(-c3ccc(C[C@H](NC(=O)c4ccc(S(=O)(=O)CC)cc4)C(=O)O)cc3)nc2)cc1. The number of benzene rings is 3. The van der Waals surface area contributed by atoms with E-state index in [0.717, 1.165) is 28.9 Å². The van der Waals surface area contributed by atoms with Crippen LogP contribution >= 0.6 is 0 Å². The molecule has 0 saturated heterocycles. The van der Waals surface area contributed by atoms with Crippen molar-refractivity contribution < 1.29 is 27.9 Å². The molecule has 0 fully saturated rings. The summed E-state index contributed by atoms with van der Waals surface area (Å²) in [5.41, 5.74) is 3.51. The van der Waals surface area contributed by atoms with Crippen LogP contribution in [-0.4, -0.2) is 53.8 Å². The fraction of sp³-hybridized carbons (Fsp3) is 0.314. The van der Waals surface area contributed by atoms with Gasteiger partial charge in [0.2, 0.25) is 0 Å². The van der Waals surface area contributed by atoms with Gasteiger partial charge in [-0.05, 0) is 53.9 Å². The molecule has 0 aliphatic carbocycles. The highest BCUT2D eigenvalue weighted by molar-refractivity contribution is 7.91. The predicted octanol–water partition coefficient (Wildman–Crippen LogP) is 6.38. The third-order valence-corrected chi connectivity index (χ3v) is 9.22. The Labute approximate surface area is 264 Å². The zero-order chi connectivity index (χ0) is 32.2. The maximum absolute atomic E-state index is 12.7. The zero-order valence-corrected chi connectivity index (χ0v) is 26.4. The molecular formula is C35H39N3O6S. The molecule has 45 heavy (non-hydrogen) atoms. The Kier molecular flexibility index (Phi) is 11.8. The van der Waals surface area contributed by atoms with Crippen LogP contribution in [0.3, 0.4) is 0 Å². The number of ether oxygens (including phenoxy) is 1. The molecule has 0 bridgehead atoms. The van der Waals surface area contributed by atoms with Gasteiger partial charge in [-0.2, -0.15) is 0 Å². The number of hydrogen-bond donors (Lipinski definition) is 2. The van der Waals surface area contributed by atoms with Crippen LogP contribution in [0.15, 0.2) is 90.1 Å². The van der Waals surface area contributed by atoms with E-state index < -0.39 is 27.8 Å². The summed E-state index contributed by atoms with van der Waals surface area (Å²) in [6, 6.07) is 19.3. The molecule has 4 rings (SSSR count). The van der Waals surface area contributed by atoms with E-state index in [1.54, 1.807) is 24.5 Å². The van der Waals surface area contributed by atoms with Gasteiger partial charge in [-0.25, -0.2) is 23.2 Å². The van der Waals surface area contributed by atoms with Gasteiger partial charge in [-0.3, -0.25) is 4.79 Å². The topological polar surface area (TPSA) is 136 Å². The van der Waals surface area contributed by atoms with Crippen molar-refractivity contribution in [2.75, 3.05) is 12.4 Å². The minimum absolute atomic E-state index is 0.0557. The zero-order valence-electron chi connectivity index (χ0n) is 25.6. The van der Waals surface area contributed by atoms with E-state index in [1.165, 1.54) is 56.9 Å². The van der Waals surface area contributed by atoms with Crippen LogP contribution in [0, 0.1) is 0 Å². The first kappa shape index (κ1) is 33.3. The number of carbonyl (C=O) groups excluding carboxylic acids is 1. The fourth-order valence-electron chi connectivity index (χ4n) is 4.71. The molecule has 9 nitrogen and oxygen atoms in total. The molecule has 0 aliphatic rings. The van der Waals surface area contributed by atoms with E-state index in [9.17, 15) is 23.1 Å². The summed E-state index contributed by atoms with van der Waals surface area (Å²) in [6.45, 7) is 4.46. The molecule has 10 heteroatoms. The maximum atomic E-state index is 12.7. The standard InChI is InChI=1S/C35H39N3O6S/c1-3-5-6-7-8-21-44-30-17-13-26(14-18-30)29-23-36-33(37-24-29)27-11-9-25(10-12-27)22-32(35(40)41)38-34(39)28-15-19-31(20-16-28)45(42,43)4-2/h9-20,23-24,32H,3-8,21-22H2,1-2H3,(H,38,39)(H,40,41)/t32-/m0/s1. The van der Waals surface area contributed by atoms with Crippen LogP contribution in [0.25, 0.3) is 22.5 Å². The molecule has 1 aromatic heterocycles. The average molecular weight is 630 g/mol. The lowest BCUT2D eigenvalue weighted by Gasteiger charge is -2.15. The first-order valence-corrected chi connectivity index (χ1v) is 16.9. The van der Waals surface area contributed by atoms with Gasteiger partial charge in [-0.1, -0.05) is 75.9 Å². The van der Waals surface area contributed by atoms with Crippen molar-refractivity contribution in [3.8, 4) is 28.3 Å². The molecule has 1 amide bonds. The van der Waals surface area contributed by atoms with Crippen molar-refractivity contribution in [3.63, 3.8) is 0 Å². The number of sulfone groups is 1. The second-order valence-electron chi connectivity index (χ2n) is 10.8. The Hall–Kier alpha value is -4.57. The van der Waals surface area contributed by atoms with Crippen LogP contribution in [-0.2, 0) is 21.1 Å². The Morgan fingerprint density at radius 3 is 2.02 bits per heavy atom. The maximum Gasteiger partial charge on any atom is 0.326 e. The van der Waals surface area contributed by atoms with Crippen molar-refractivity contribution >= 4 is 21.7 Å². The Morgan fingerprint density at radius 2 is 1.42 bits per heavy atom. The van der Waals surface area contributed by atoms with Gasteiger partial charge >= 0.3 is 5.97 Å². The largest absolute Gasteiger partial charge is 0.494 e. The first-order valence-electron chi connectivity index (χ1n) is 15.2. The van der Waals surface area contributed by atoms with Crippen LogP contribution in [0.1, 0.15) is 61.9 Å². The van der Waals surface area contributed by atoms with Gasteiger partial charge in [0.1, 0.15) is 11.8 Å². The summed E-state index contributed by atoms with van der Waals surface area (Å²) < 4.78 is 29.9. The lowest BCUT2D eigenvalue weighted by molar-refractivity contribution is -0.139. The Balaban J connectivity index is 1.33. The number of nitrogens with zero attached hydrogens (tertiary/aromatic N) is 2. The lowest BCUT2D eigenvalue weighted by Crippen LogP contribution is -2.42. The summed E-state index contributed by atoms with van der Waals surface area (Å²) in [5, 5.41) is 12.3. The highest BCUT2D eigenvalue weighted by Crippen LogP contribution is 2.24. The van der Waals surface area contributed by atoms with Crippen molar-refractivity contribution in [3.05, 3.63) is 96.3 Å². The van der Waals surface area contributed by atoms with Gasteiger partial charge in [0.05, 0.1) is 17.3 Å². The smallest absolute Gasteiger partial charge is 0.326 e. The summed E-state index contributed by atoms with van der Waals surface area (Å²) in [4.78, 5) is 33.8. The predicted molar refractivity (Wildman–Crippen MR) is 174 cm³/mol. The Bertz CT molecular complexity index is 1650. The number of carboxylic acids is 1. The van der Waals surface area contributed by atoms with Crippen molar-refractivity contribution in [2.45, 2.75) is 63.3 Å². The van der Waals surface area contributed by atoms with Crippen LogP contribution in [0.5, 0.6) is 5.75 Å². The van der Waals surface area contributed by atoms with Gasteiger partial charge < -0.3 is 15.2 Å². The third-order valence-electron chi connectivity index (χ3n) is 7.47. The molecule has 0 saturated carbocycles. The Morgan fingerprint density at radius 1 is 0.800 bits per heavy atom. The van der Waals surface area contributed by atoms with Gasteiger partial charge in [0, 0.05) is 35.5 Å². The number of aliphatic carboxylic acids is 1. The molecule has 0 spiro atoms. The van der Waals surface area contributed by atoms with E-state index in [4.69, 9.17) is 4.74 Å².